The van der Waals surface area contributed by atoms with Crippen LogP contribution in [0.15, 0.2) is 18.3 Å². The van der Waals surface area contributed by atoms with E-state index in [-0.39, 0.29) is 18.2 Å². The van der Waals surface area contributed by atoms with Crippen LogP contribution in [0.25, 0.3) is 0 Å². The van der Waals surface area contributed by atoms with Crippen molar-refractivity contribution in [2.45, 2.75) is 44.4 Å². The highest BCUT2D eigenvalue weighted by Gasteiger charge is 2.37. The largest absolute Gasteiger partial charge is 0.481 e. The molecule has 1 N–H and O–H groups in total. The molecule has 0 unspecified atom stereocenters. The van der Waals surface area contributed by atoms with E-state index in [0.717, 1.165) is 18.4 Å². The SMILES string of the molecule is COc1ccc([C@H]2OCC[C@@H]2NS(=O)(=O)N2CCC[C@H]2C)cn1. The number of aromatic nitrogens is 1. The summed E-state index contributed by atoms with van der Waals surface area (Å²) in [6.45, 7) is 3.06. The van der Waals surface area contributed by atoms with Gasteiger partial charge in [0.1, 0.15) is 6.10 Å². The van der Waals surface area contributed by atoms with Gasteiger partial charge in [-0.3, -0.25) is 0 Å². The minimum absolute atomic E-state index is 0.0518. The van der Waals surface area contributed by atoms with Gasteiger partial charge < -0.3 is 9.47 Å². The van der Waals surface area contributed by atoms with Crippen molar-refractivity contribution in [2.75, 3.05) is 20.3 Å². The molecule has 1 aromatic heterocycles. The van der Waals surface area contributed by atoms with Crippen molar-refractivity contribution in [1.29, 1.82) is 0 Å². The first-order valence-corrected chi connectivity index (χ1v) is 9.36. The molecule has 1 aromatic rings. The summed E-state index contributed by atoms with van der Waals surface area (Å²) in [5, 5.41) is 0. The highest BCUT2D eigenvalue weighted by molar-refractivity contribution is 7.87. The Labute approximate surface area is 137 Å². The van der Waals surface area contributed by atoms with E-state index in [9.17, 15) is 8.42 Å². The molecule has 3 heterocycles. The fraction of sp³-hybridized carbons (Fsp3) is 0.667. The zero-order valence-electron chi connectivity index (χ0n) is 13.4. The zero-order valence-corrected chi connectivity index (χ0v) is 14.3. The Kier molecular flexibility index (Phi) is 4.86. The molecule has 8 heteroatoms. The van der Waals surface area contributed by atoms with Gasteiger partial charge >= 0.3 is 0 Å². The summed E-state index contributed by atoms with van der Waals surface area (Å²) in [5.74, 6) is 0.523. The molecule has 2 aliphatic heterocycles. The number of hydrogen-bond acceptors (Lipinski definition) is 5. The zero-order chi connectivity index (χ0) is 16.4. The van der Waals surface area contributed by atoms with Gasteiger partial charge in [0.25, 0.3) is 10.2 Å². The lowest BCUT2D eigenvalue weighted by molar-refractivity contribution is 0.102. The van der Waals surface area contributed by atoms with Crippen LogP contribution in [0.3, 0.4) is 0 Å². The maximum atomic E-state index is 12.6. The van der Waals surface area contributed by atoms with Crippen molar-refractivity contribution >= 4 is 10.2 Å². The molecule has 3 rings (SSSR count). The maximum Gasteiger partial charge on any atom is 0.280 e. The van der Waals surface area contributed by atoms with E-state index >= 15 is 0 Å². The number of hydrogen-bond donors (Lipinski definition) is 1. The summed E-state index contributed by atoms with van der Waals surface area (Å²) in [4.78, 5) is 4.17. The van der Waals surface area contributed by atoms with E-state index in [2.05, 4.69) is 9.71 Å². The van der Waals surface area contributed by atoms with Crippen LogP contribution in [0.4, 0.5) is 0 Å². The molecule has 0 aliphatic carbocycles. The predicted molar refractivity (Wildman–Crippen MR) is 85.3 cm³/mol. The van der Waals surface area contributed by atoms with E-state index in [1.165, 1.54) is 0 Å². The van der Waals surface area contributed by atoms with E-state index < -0.39 is 10.2 Å². The second-order valence-corrected chi connectivity index (χ2v) is 7.70. The Hall–Kier alpha value is -1.22. The Bertz CT molecular complexity index is 635. The topological polar surface area (TPSA) is 80.8 Å². The first-order valence-electron chi connectivity index (χ1n) is 7.92. The van der Waals surface area contributed by atoms with Crippen LogP contribution in [0.2, 0.25) is 0 Å². The number of ether oxygens (including phenoxy) is 2. The first kappa shape index (κ1) is 16.6. The summed E-state index contributed by atoms with van der Waals surface area (Å²) >= 11 is 0. The summed E-state index contributed by atoms with van der Waals surface area (Å²) in [7, 11) is -1.93. The highest BCUT2D eigenvalue weighted by Crippen LogP contribution is 2.31. The molecule has 128 valence electrons. The fourth-order valence-electron chi connectivity index (χ4n) is 3.24. The molecule has 0 aromatic carbocycles. The fourth-order valence-corrected chi connectivity index (χ4v) is 4.95. The molecule has 3 atom stereocenters. The number of rotatable bonds is 5. The van der Waals surface area contributed by atoms with Crippen LogP contribution in [0, 0.1) is 0 Å². The lowest BCUT2D eigenvalue weighted by Crippen LogP contribution is -2.47. The number of nitrogens with one attached hydrogen (secondary N) is 1. The molecule has 2 fully saturated rings. The third-order valence-electron chi connectivity index (χ3n) is 4.49. The lowest BCUT2D eigenvalue weighted by atomic mass is 10.1. The molecule has 23 heavy (non-hydrogen) atoms. The average Bonchev–Trinajstić information content (AvgIpc) is 3.16. The number of pyridine rings is 1. The van der Waals surface area contributed by atoms with E-state index in [0.29, 0.717) is 25.5 Å². The van der Waals surface area contributed by atoms with Gasteiger partial charge in [0, 0.05) is 37.0 Å². The maximum absolute atomic E-state index is 12.6. The smallest absolute Gasteiger partial charge is 0.280 e. The van der Waals surface area contributed by atoms with Crippen LogP contribution in [-0.4, -0.2) is 50.1 Å². The van der Waals surface area contributed by atoms with Crippen LogP contribution in [0.1, 0.15) is 37.9 Å². The summed E-state index contributed by atoms with van der Waals surface area (Å²) in [6.07, 6.45) is 3.83. The van der Waals surface area contributed by atoms with E-state index in [4.69, 9.17) is 9.47 Å². The molecular weight excluding hydrogens is 318 g/mol. The van der Waals surface area contributed by atoms with Gasteiger partial charge in [-0.25, -0.2) is 4.98 Å². The van der Waals surface area contributed by atoms with Crippen LogP contribution < -0.4 is 9.46 Å². The molecule has 7 nitrogen and oxygen atoms in total. The number of nitrogens with zero attached hydrogens (tertiary/aromatic N) is 2. The highest BCUT2D eigenvalue weighted by atomic mass is 32.2. The third kappa shape index (κ3) is 3.50. The van der Waals surface area contributed by atoms with Gasteiger partial charge in [-0.15, -0.1) is 0 Å². The van der Waals surface area contributed by atoms with Gasteiger partial charge in [0.2, 0.25) is 5.88 Å². The van der Waals surface area contributed by atoms with Crippen molar-refractivity contribution in [3.63, 3.8) is 0 Å². The third-order valence-corrected chi connectivity index (χ3v) is 6.25. The van der Waals surface area contributed by atoms with E-state index in [1.807, 2.05) is 13.0 Å². The lowest BCUT2D eigenvalue weighted by Gasteiger charge is -2.26. The molecule has 0 radical (unpaired) electrons. The second kappa shape index (κ2) is 6.72. The molecule has 0 bridgehead atoms. The Morgan fingerprint density at radius 1 is 1.39 bits per heavy atom. The molecule has 0 saturated carbocycles. The summed E-state index contributed by atoms with van der Waals surface area (Å²) in [6, 6.07) is 3.39. The van der Waals surface area contributed by atoms with Crippen LogP contribution in [0.5, 0.6) is 5.88 Å². The van der Waals surface area contributed by atoms with E-state index in [1.54, 1.807) is 23.7 Å². The second-order valence-electron chi connectivity index (χ2n) is 6.05. The van der Waals surface area contributed by atoms with Crippen molar-refractivity contribution < 1.29 is 17.9 Å². The first-order chi connectivity index (χ1) is 11.0. The summed E-state index contributed by atoms with van der Waals surface area (Å²) < 4.78 is 40.4. The molecule has 0 spiro atoms. The van der Waals surface area contributed by atoms with Gasteiger partial charge in [0.05, 0.1) is 13.2 Å². The van der Waals surface area contributed by atoms with Crippen LogP contribution >= 0.6 is 0 Å². The standard InChI is InChI=1S/C15H23N3O4S/c1-11-4-3-8-18(11)23(19,20)17-13-7-9-22-15(13)12-5-6-14(21-2)16-10-12/h5-6,10-11,13,15,17H,3-4,7-9H2,1-2H3/t11-,13+,15-/m1/s1. The van der Waals surface area contributed by atoms with Crippen molar-refractivity contribution in [2.24, 2.45) is 0 Å². The summed E-state index contributed by atoms with van der Waals surface area (Å²) in [5.41, 5.74) is 0.852. The quantitative estimate of drug-likeness (QED) is 0.871. The minimum Gasteiger partial charge on any atom is -0.481 e. The molecular formula is C15H23N3O4S. The van der Waals surface area contributed by atoms with Crippen molar-refractivity contribution in [1.82, 2.24) is 14.0 Å². The Morgan fingerprint density at radius 3 is 2.83 bits per heavy atom. The normalized spacial score (nSPS) is 29.0. The predicted octanol–water partition coefficient (Wildman–Crippen LogP) is 1.24. The number of methoxy groups -OCH3 is 1. The van der Waals surface area contributed by atoms with Crippen molar-refractivity contribution in [3.8, 4) is 5.88 Å². The van der Waals surface area contributed by atoms with Gasteiger partial charge in [0.15, 0.2) is 0 Å². The molecule has 2 saturated heterocycles. The minimum atomic E-state index is -3.49. The Morgan fingerprint density at radius 2 is 2.22 bits per heavy atom. The molecule has 2 aliphatic rings. The van der Waals surface area contributed by atoms with Gasteiger partial charge in [-0.1, -0.05) is 0 Å². The van der Waals surface area contributed by atoms with Gasteiger partial charge in [-0.05, 0) is 32.3 Å². The van der Waals surface area contributed by atoms with Gasteiger partial charge in [-0.2, -0.15) is 17.4 Å². The van der Waals surface area contributed by atoms with Crippen molar-refractivity contribution in [3.05, 3.63) is 23.9 Å². The Balaban J connectivity index is 1.73. The average molecular weight is 341 g/mol. The molecule has 0 amide bonds. The van der Waals surface area contributed by atoms with Crippen LogP contribution in [-0.2, 0) is 14.9 Å². The monoisotopic (exact) mass is 341 g/mol.